The van der Waals surface area contributed by atoms with E-state index in [1.165, 1.54) is 6.92 Å². The Hall–Kier alpha value is -1.80. The van der Waals surface area contributed by atoms with Crippen LogP contribution in [0.1, 0.15) is 17.3 Å². The van der Waals surface area contributed by atoms with Gasteiger partial charge >= 0.3 is 6.30 Å². The lowest BCUT2D eigenvalue weighted by Crippen LogP contribution is -2.48. The van der Waals surface area contributed by atoms with Crippen molar-refractivity contribution in [1.29, 1.82) is 0 Å². The Kier molecular flexibility index (Phi) is 7.07. The normalized spacial score (nSPS) is 16.0. The smallest absolute Gasteiger partial charge is 0.394 e. The van der Waals surface area contributed by atoms with Gasteiger partial charge in [-0.2, -0.15) is 13.2 Å². The molecule has 1 aromatic carbocycles. The number of aliphatic hydroxyl groups excluding tert-OH is 3. The number of carbonyl (C=O) groups is 1. The van der Waals surface area contributed by atoms with Crippen LogP contribution >= 0.6 is 0 Å². The molecule has 0 spiro atoms. The highest BCUT2D eigenvalue weighted by Gasteiger charge is 2.37. The minimum absolute atomic E-state index is 0.377. The van der Waals surface area contributed by atoms with Crippen molar-refractivity contribution in [1.82, 2.24) is 10.0 Å². The molecule has 0 saturated carbocycles. The molecule has 0 aliphatic rings. The van der Waals surface area contributed by atoms with Crippen LogP contribution in [0.2, 0.25) is 0 Å². The molecule has 5 N–H and O–H groups in total. The van der Waals surface area contributed by atoms with Crippen molar-refractivity contribution in [3.05, 3.63) is 29.6 Å². The number of amides is 1. The van der Waals surface area contributed by atoms with E-state index in [2.05, 4.69) is 0 Å². The second-order valence-electron chi connectivity index (χ2n) is 5.25. The molecule has 26 heavy (non-hydrogen) atoms. The van der Waals surface area contributed by atoms with Gasteiger partial charge < -0.3 is 20.6 Å². The van der Waals surface area contributed by atoms with Gasteiger partial charge in [0.05, 0.1) is 23.1 Å². The van der Waals surface area contributed by atoms with Gasteiger partial charge in [0, 0.05) is 0 Å². The maximum absolute atomic E-state index is 13.4. The van der Waals surface area contributed by atoms with Crippen LogP contribution in [0.4, 0.5) is 17.6 Å². The van der Waals surface area contributed by atoms with E-state index in [0.29, 0.717) is 22.9 Å². The first-order valence-corrected chi connectivity index (χ1v) is 8.45. The SMILES string of the molecule is CC(NC(=O)c1cc(F)ccc1S(=O)(=O)NC(F)(F)F)C(O)C(O)CO. The molecule has 1 aromatic rings. The van der Waals surface area contributed by atoms with E-state index < -0.39 is 63.4 Å². The molecule has 0 heterocycles. The molecule has 0 aliphatic carbocycles. The number of halogens is 4. The number of hydrogen-bond donors (Lipinski definition) is 5. The Morgan fingerprint density at radius 1 is 1.27 bits per heavy atom. The van der Waals surface area contributed by atoms with Crippen LogP contribution in [0.3, 0.4) is 0 Å². The zero-order chi connectivity index (χ0) is 20.3. The predicted molar refractivity (Wildman–Crippen MR) is 78.8 cm³/mol. The van der Waals surface area contributed by atoms with Gasteiger partial charge in [0.25, 0.3) is 5.91 Å². The second-order valence-corrected chi connectivity index (χ2v) is 6.90. The topological polar surface area (TPSA) is 136 Å². The average Bonchev–Trinajstić information content (AvgIpc) is 2.50. The zero-order valence-corrected chi connectivity index (χ0v) is 14.0. The number of rotatable bonds is 7. The molecule has 3 unspecified atom stereocenters. The van der Waals surface area contributed by atoms with Crippen LogP contribution in [0.5, 0.6) is 0 Å². The van der Waals surface area contributed by atoms with Gasteiger partial charge in [-0.15, -0.1) is 4.72 Å². The molecular weight excluding hydrogens is 388 g/mol. The summed E-state index contributed by atoms with van der Waals surface area (Å²) in [4.78, 5) is 11.0. The van der Waals surface area contributed by atoms with Crippen LogP contribution in [0.15, 0.2) is 23.1 Å². The van der Waals surface area contributed by atoms with E-state index in [1.54, 1.807) is 0 Å². The van der Waals surface area contributed by atoms with Crippen molar-refractivity contribution in [2.24, 2.45) is 0 Å². The van der Waals surface area contributed by atoms with Gasteiger partial charge in [-0.3, -0.25) is 4.79 Å². The molecule has 0 bridgehead atoms. The van der Waals surface area contributed by atoms with Crippen molar-refractivity contribution >= 4 is 15.9 Å². The first-order chi connectivity index (χ1) is 11.8. The summed E-state index contributed by atoms with van der Waals surface area (Å²) >= 11 is 0. The molecular formula is C13H16F4N2O6S. The van der Waals surface area contributed by atoms with Gasteiger partial charge in [0.15, 0.2) is 0 Å². The van der Waals surface area contributed by atoms with Crippen LogP contribution in [0.25, 0.3) is 0 Å². The van der Waals surface area contributed by atoms with Gasteiger partial charge in [0.2, 0.25) is 10.0 Å². The standard InChI is InChI=1S/C13H16F4N2O6S/c1-6(11(22)9(21)5-20)18-12(23)8-4-7(14)2-3-10(8)26(24,25)19-13(15,16)17/h2-4,6,9,11,19-22H,5H2,1H3,(H,18,23). The van der Waals surface area contributed by atoms with Gasteiger partial charge in [-0.05, 0) is 25.1 Å². The van der Waals surface area contributed by atoms with Crippen LogP contribution < -0.4 is 10.0 Å². The molecule has 0 saturated heterocycles. The zero-order valence-electron chi connectivity index (χ0n) is 13.2. The molecule has 148 valence electrons. The lowest BCUT2D eigenvalue weighted by molar-refractivity contribution is -0.138. The van der Waals surface area contributed by atoms with Gasteiger partial charge in [0.1, 0.15) is 18.0 Å². The molecule has 3 atom stereocenters. The fourth-order valence-corrected chi connectivity index (χ4v) is 3.04. The highest BCUT2D eigenvalue weighted by Crippen LogP contribution is 2.21. The summed E-state index contributed by atoms with van der Waals surface area (Å²) in [6.45, 7) is 0.319. The molecule has 0 radical (unpaired) electrons. The molecule has 13 heteroatoms. The van der Waals surface area contributed by atoms with Gasteiger partial charge in [-0.1, -0.05) is 0 Å². The summed E-state index contributed by atoms with van der Waals surface area (Å²) in [5.41, 5.74) is -0.945. The van der Waals surface area contributed by atoms with Crippen molar-refractivity contribution in [3.8, 4) is 0 Å². The largest absolute Gasteiger partial charge is 0.470 e. The maximum Gasteiger partial charge on any atom is 0.470 e. The maximum atomic E-state index is 13.4. The van der Waals surface area contributed by atoms with Crippen molar-refractivity contribution in [2.75, 3.05) is 6.61 Å². The van der Waals surface area contributed by atoms with E-state index in [4.69, 9.17) is 5.11 Å². The molecule has 0 aromatic heterocycles. The second kappa shape index (κ2) is 8.26. The summed E-state index contributed by atoms with van der Waals surface area (Å²) in [5, 5.41) is 29.7. The van der Waals surface area contributed by atoms with Crippen molar-refractivity contribution < 1.29 is 46.1 Å². The Morgan fingerprint density at radius 3 is 2.35 bits per heavy atom. The first-order valence-electron chi connectivity index (χ1n) is 6.96. The van der Waals surface area contributed by atoms with Crippen LogP contribution in [0, 0.1) is 5.82 Å². The summed E-state index contributed by atoms with van der Waals surface area (Å²) in [6, 6.07) is 0.179. The van der Waals surface area contributed by atoms with E-state index in [-0.39, 0.29) is 0 Å². The number of alkyl halides is 3. The number of aliphatic hydroxyl groups is 3. The Balaban J connectivity index is 3.20. The van der Waals surface area contributed by atoms with E-state index in [9.17, 15) is 41.0 Å². The van der Waals surface area contributed by atoms with Crippen molar-refractivity contribution in [3.63, 3.8) is 0 Å². The highest BCUT2D eigenvalue weighted by molar-refractivity contribution is 7.89. The fourth-order valence-electron chi connectivity index (χ4n) is 1.93. The average molecular weight is 404 g/mol. The lowest BCUT2D eigenvalue weighted by atomic mass is 10.1. The molecule has 0 fully saturated rings. The highest BCUT2D eigenvalue weighted by atomic mass is 32.2. The monoisotopic (exact) mass is 404 g/mol. The number of benzene rings is 1. The van der Waals surface area contributed by atoms with Gasteiger partial charge in [-0.25, -0.2) is 12.8 Å². The van der Waals surface area contributed by atoms with E-state index >= 15 is 0 Å². The molecule has 8 nitrogen and oxygen atoms in total. The lowest BCUT2D eigenvalue weighted by Gasteiger charge is -2.24. The molecule has 1 rings (SSSR count). The predicted octanol–water partition coefficient (Wildman–Crippen LogP) is -0.544. The third kappa shape index (κ3) is 5.88. The molecule has 1 amide bonds. The third-order valence-electron chi connectivity index (χ3n) is 3.18. The number of sulfonamides is 1. The van der Waals surface area contributed by atoms with E-state index in [1.807, 2.05) is 5.32 Å². The summed E-state index contributed by atoms with van der Waals surface area (Å²) < 4.78 is 74.4. The number of hydrogen-bond acceptors (Lipinski definition) is 6. The van der Waals surface area contributed by atoms with Crippen LogP contribution in [-0.4, -0.2) is 60.8 Å². The van der Waals surface area contributed by atoms with Crippen LogP contribution in [-0.2, 0) is 10.0 Å². The minimum Gasteiger partial charge on any atom is -0.394 e. The Morgan fingerprint density at radius 2 is 1.85 bits per heavy atom. The third-order valence-corrected chi connectivity index (χ3v) is 4.61. The minimum atomic E-state index is -5.32. The first kappa shape index (κ1) is 22.2. The number of nitrogens with one attached hydrogen (secondary N) is 2. The van der Waals surface area contributed by atoms with Crippen molar-refractivity contribution in [2.45, 2.75) is 36.4 Å². The van der Waals surface area contributed by atoms with E-state index in [0.717, 1.165) is 0 Å². The Bertz CT molecular complexity index is 755. The Labute approximate surface area is 145 Å². The summed E-state index contributed by atoms with van der Waals surface area (Å²) in [6.07, 6.45) is -8.64. The number of carbonyl (C=O) groups excluding carboxylic acids is 1. The summed E-state index contributed by atoms with van der Waals surface area (Å²) in [7, 11) is -5.24. The fraction of sp³-hybridized carbons (Fsp3) is 0.462. The molecule has 0 aliphatic heterocycles. The quantitative estimate of drug-likeness (QED) is 0.306. The summed E-state index contributed by atoms with van der Waals surface area (Å²) in [5.74, 6) is -2.41.